The summed E-state index contributed by atoms with van der Waals surface area (Å²) in [5.74, 6) is -0.453. The number of nitrogens with one attached hydrogen (secondary N) is 1. The number of Topliss-reactive ketones (excluding diaryl/α,β-unsaturated/α-hetero) is 1. The zero-order valence-corrected chi connectivity index (χ0v) is 8.93. The van der Waals surface area contributed by atoms with E-state index in [0.717, 1.165) is 0 Å². The topological polar surface area (TPSA) is 109 Å². The first-order valence-corrected chi connectivity index (χ1v) is 4.57. The maximum Gasteiger partial charge on any atom is 0.237 e. The molecular formula is C11H8N4O2. The van der Waals surface area contributed by atoms with Gasteiger partial charge in [-0.15, -0.1) is 0 Å². The molecule has 0 aliphatic heterocycles. The Morgan fingerprint density at radius 1 is 1.41 bits per heavy atom. The number of benzene rings is 1. The Kier molecular flexibility index (Phi) is 3.80. The van der Waals surface area contributed by atoms with Crippen molar-refractivity contribution in [2.75, 3.05) is 5.43 Å². The second-order valence-electron chi connectivity index (χ2n) is 3.05. The van der Waals surface area contributed by atoms with Gasteiger partial charge in [-0.2, -0.15) is 15.6 Å². The summed E-state index contributed by atoms with van der Waals surface area (Å²) in [6.07, 6.45) is 0. The van der Waals surface area contributed by atoms with E-state index in [2.05, 4.69) is 10.5 Å². The van der Waals surface area contributed by atoms with Crippen molar-refractivity contribution < 1.29 is 9.90 Å². The highest BCUT2D eigenvalue weighted by Gasteiger charge is 2.10. The summed E-state index contributed by atoms with van der Waals surface area (Å²) in [5, 5.41) is 30.0. The van der Waals surface area contributed by atoms with E-state index in [1.807, 2.05) is 0 Å². The molecule has 0 bridgehead atoms. The lowest BCUT2D eigenvalue weighted by atomic mass is 10.1. The number of nitrogens with zero attached hydrogens (tertiary/aromatic N) is 3. The average molecular weight is 228 g/mol. The van der Waals surface area contributed by atoms with Gasteiger partial charge >= 0.3 is 0 Å². The molecule has 0 aliphatic rings. The first-order valence-electron chi connectivity index (χ1n) is 4.57. The van der Waals surface area contributed by atoms with Crippen LogP contribution in [0.15, 0.2) is 23.3 Å². The number of ketones is 1. The molecule has 0 aliphatic carbocycles. The third kappa shape index (κ3) is 2.80. The minimum Gasteiger partial charge on any atom is -0.506 e. The molecule has 1 rings (SSSR count). The van der Waals surface area contributed by atoms with Gasteiger partial charge in [-0.05, 0) is 19.1 Å². The zero-order chi connectivity index (χ0) is 12.8. The molecule has 1 aromatic rings. The number of carbonyl (C=O) groups excluding carboxylic acids is 1. The maximum atomic E-state index is 11.3. The summed E-state index contributed by atoms with van der Waals surface area (Å²) in [6.45, 7) is 1.33. The van der Waals surface area contributed by atoms with Crippen molar-refractivity contribution in [1.82, 2.24) is 0 Å². The molecule has 0 aromatic heterocycles. The molecule has 0 unspecified atom stereocenters. The number of nitriles is 2. The number of hydrogen-bond donors (Lipinski definition) is 2. The van der Waals surface area contributed by atoms with Crippen molar-refractivity contribution in [3.8, 4) is 17.9 Å². The van der Waals surface area contributed by atoms with Gasteiger partial charge < -0.3 is 5.11 Å². The van der Waals surface area contributed by atoms with E-state index in [1.165, 1.54) is 25.1 Å². The van der Waals surface area contributed by atoms with Crippen LogP contribution in [0.2, 0.25) is 0 Å². The molecule has 0 radical (unpaired) electrons. The van der Waals surface area contributed by atoms with E-state index in [-0.39, 0.29) is 22.8 Å². The highest BCUT2D eigenvalue weighted by Crippen LogP contribution is 2.27. The summed E-state index contributed by atoms with van der Waals surface area (Å²) in [5.41, 5.74) is 2.23. The van der Waals surface area contributed by atoms with Gasteiger partial charge in [0, 0.05) is 5.56 Å². The van der Waals surface area contributed by atoms with Gasteiger partial charge in [0.1, 0.15) is 23.6 Å². The number of phenols is 1. The summed E-state index contributed by atoms with van der Waals surface area (Å²) < 4.78 is 0. The molecule has 1 aromatic carbocycles. The minimum absolute atomic E-state index is 0.0722. The van der Waals surface area contributed by atoms with Crippen LogP contribution in [0.4, 0.5) is 5.69 Å². The fourth-order valence-electron chi connectivity index (χ4n) is 1.14. The van der Waals surface area contributed by atoms with Gasteiger partial charge in [0.15, 0.2) is 5.78 Å². The molecule has 0 fully saturated rings. The van der Waals surface area contributed by atoms with Crippen molar-refractivity contribution >= 4 is 17.2 Å². The van der Waals surface area contributed by atoms with Crippen LogP contribution in [0.5, 0.6) is 5.75 Å². The molecule has 6 nitrogen and oxygen atoms in total. The SMILES string of the molecule is CC(=O)c1cccc(O)c1NN=C(C#N)C#N. The van der Waals surface area contributed by atoms with Gasteiger partial charge in [0.05, 0.1) is 0 Å². The fraction of sp³-hybridized carbons (Fsp3) is 0.0909. The largest absolute Gasteiger partial charge is 0.506 e. The Labute approximate surface area is 97.4 Å². The number of carbonyl (C=O) groups is 1. The Morgan fingerprint density at radius 3 is 2.59 bits per heavy atom. The normalized spacial score (nSPS) is 8.65. The molecule has 84 valence electrons. The zero-order valence-electron chi connectivity index (χ0n) is 8.93. The number of aromatic hydroxyl groups is 1. The maximum absolute atomic E-state index is 11.3. The standard InChI is InChI=1S/C11H8N4O2/c1-7(16)9-3-2-4-10(17)11(9)15-14-8(5-12)6-13/h2-4,15,17H,1H3. The molecule has 0 atom stereocenters. The smallest absolute Gasteiger partial charge is 0.237 e. The number of hydrazone groups is 1. The van der Waals surface area contributed by atoms with Gasteiger partial charge in [-0.1, -0.05) is 6.07 Å². The first kappa shape index (κ1) is 12.2. The average Bonchev–Trinajstić information content (AvgIpc) is 2.31. The second kappa shape index (κ2) is 5.29. The second-order valence-corrected chi connectivity index (χ2v) is 3.05. The number of phenolic OH excluding ortho intramolecular Hbond substituents is 1. The Balaban J connectivity index is 3.16. The van der Waals surface area contributed by atoms with Crippen molar-refractivity contribution in [3.05, 3.63) is 23.8 Å². The minimum atomic E-state index is -0.400. The highest BCUT2D eigenvalue weighted by atomic mass is 16.3. The highest BCUT2D eigenvalue weighted by molar-refractivity contribution is 6.10. The number of hydrogen-bond acceptors (Lipinski definition) is 6. The predicted octanol–water partition coefficient (Wildman–Crippen LogP) is 1.41. The molecule has 17 heavy (non-hydrogen) atoms. The molecule has 2 N–H and O–H groups in total. The van der Waals surface area contributed by atoms with E-state index in [4.69, 9.17) is 10.5 Å². The monoisotopic (exact) mass is 228 g/mol. The van der Waals surface area contributed by atoms with Crippen LogP contribution in [0.3, 0.4) is 0 Å². The van der Waals surface area contributed by atoms with Crippen molar-refractivity contribution in [2.24, 2.45) is 5.10 Å². The molecule has 0 spiro atoms. The van der Waals surface area contributed by atoms with Gasteiger partial charge in [-0.3, -0.25) is 10.2 Å². The van der Waals surface area contributed by atoms with E-state index in [9.17, 15) is 9.90 Å². The van der Waals surface area contributed by atoms with E-state index < -0.39 is 5.71 Å². The van der Waals surface area contributed by atoms with Crippen LogP contribution in [0.1, 0.15) is 17.3 Å². The fourth-order valence-corrected chi connectivity index (χ4v) is 1.14. The van der Waals surface area contributed by atoms with Crippen LogP contribution in [0.25, 0.3) is 0 Å². The lowest BCUT2D eigenvalue weighted by Crippen LogP contribution is -2.02. The van der Waals surface area contributed by atoms with E-state index in [1.54, 1.807) is 12.1 Å². The first-order chi connectivity index (χ1) is 8.10. The lowest BCUT2D eigenvalue weighted by molar-refractivity contribution is 0.101. The lowest BCUT2D eigenvalue weighted by Gasteiger charge is -2.07. The number of anilines is 1. The predicted molar refractivity (Wildman–Crippen MR) is 60.4 cm³/mol. The quantitative estimate of drug-likeness (QED) is 0.352. The third-order valence-electron chi connectivity index (χ3n) is 1.91. The van der Waals surface area contributed by atoms with Crippen LogP contribution in [-0.4, -0.2) is 16.6 Å². The molecule has 6 heteroatoms. The molecule has 0 saturated carbocycles. The summed E-state index contributed by atoms with van der Waals surface area (Å²) >= 11 is 0. The molecular weight excluding hydrogens is 220 g/mol. The van der Waals surface area contributed by atoms with E-state index in [0.29, 0.717) is 0 Å². The van der Waals surface area contributed by atoms with Crippen LogP contribution < -0.4 is 5.43 Å². The molecule has 0 saturated heterocycles. The Morgan fingerprint density at radius 2 is 2.06 bits per heavy atom. The van der Waals surface area contributed by atoms with Gasteiger partial charge in [0.2, 0.25) is 5.71 Å². The summed E-state index contributed by atoms with van der Waals surface area (Å²) in [7, 11) is 0. The summed E-state index contributed by atoms with van der Waals surface area (Å²) in [6, 6.07) is 7.47. The van der Waals surface area contributed by atoms with Crippen LogP contribution >= 0.6 is 0 Å². The van der Waals surface area contributed by atoms with Crippen molar-refractivity contribution in [3.63, 3.8) is 0 Å². The number of para-hydroxylation sites is 1. The number of rotatable bonds is 3. The van der Waals surface area contributed by atoms with Crippen LogP contribution in [0, 0.1) is 22.7 Å². The van der Waals surface area contributed by atoms with E-state index >= 15 is 0 Å². The summed E-state index contributed by atoms with van der Waals surface area (Å²) in [4.78, 5) is 11.3. The van der Waals surface area contributed by atoms with Crippen molar-refractivity contribution in [2.45, 2.75) is 6.92 Å². The van der Waals surface area contributed by atoms with Crippen molar-refractivity contribution in [1.29, 1.82) is 10.5 Å². The Hall–Kier alpha value is -2.86. The molecule has 0 amide bonds. The third-order valence-corrected chi connectivity index (χ3v) is 1.91. The van der Waals surface area contributed by atoms with Gasteiger partial charge in [-0.25, -0.2) is 0 Å². The Bertz CT molecular complexity index is 548. The van der Waals surface area contributed by atoms with Crippen LogP contribution in [-0.2, 0) is 0 Å². The molecule has 0 heterocycles. The van der Waals surface area contributed by atoms with Gasteiger partial charge in [0.25, 0.3) is 0 Å².